The number of thiophene rings is 1. The zero-order valence-electron chi connectivity index (χ0n) is 8.78. The van der Waals surface area contributed by atoms with Crippen molar-refractivity contribution in [3.8, 4) is 10.6 Å². The Balaban J connectivity index is 2.22. The van der Waals surface area contributed by atoms with Crippen LogP contribution in [-0.2, 0) is 0 Å². The van der Waals surface area contributed by atoms with Crippen molar-refractivity contribution >= 4 is 17.1 Å². The Morgan fingerprint density at radius 1 is 1.41 bits per heavy atom. The Hall–Kier alpha value is -2.17. The van der Waals surface area contributed by atoms with Crippen molar-refractivity contribution in [2.75, 3.05) is 6.54 Å². The molecule has 0 fully saturated rings. The molecule has 17 heavy (non-hydrogen) atoms. The molecule has 0 spiro atoms. The van der Waals surface area contributed by atoms with Crippen molar-refractivity contribution < 1.29 is 4.79 Å². The van der Waals surface area contributed by atoms with E-state index in [1.165, 1.54) is 11.3 Å². The maximum Gasteiger partial charge on any atom is 0.178 e. The van der Waals surface area contributed by atoms with Crippen molar-refractivity contribution in [1.82, 2.24) is 4.98 Å². The Labute approximate surface area is 101 Å². The van der Waals surface area contributed by atoms with Gasteiger partial charge in [-0.3, -0.25) is 9.78 Å². The molecular formula is C11H8N4OS. The number of carbonyl (C=O) groups is 1. The smallest absolute Gasteiger partial charge is 0.178 e. The predicted molar refractivity (Wildman–Crippen MR) is 65.9 cm³/mol. The van der Waals surface area contributed by atoms with Crippen molar-refractivity contribution in [3.05, 3.63) is 51.8 Å². The molecule has 0 aromatic carbocycles. The molecule has 0 amide bonds. The highest BCUT2D eigenvalue weighted by Crippen LogP contribution is 2.26. The average molecular weight is 244 g/mol. The van der Waals surface area contributed by atoms with Gasteiger partial charge in [0.15, 0.2) is 5.78 Å². The molecule has 0 saturated heterocycles. The number of nitrogens with zero attached hydrogens (tertiary/aromatic N) is 4. The normalized spacial score (nSPS) is 9.65. The second-order valence-electron chi connectivity index (χ2n) is 3.19. The third-order valence-electron chi connectivity index (χ3n) is 2.08. The molecule has 2 aromatic heterocycles. The van der Waals surface area contributed by atoms with E-state index in [0.29, 0.717) is 4.88 Å². The quantitative estimate of drug-likeness (QED) is 0.358. The van der Waals surface area contributed by atoms with Gasteiger partial charge in [-0.05, 0) is 29.8 Å². The number of aromatic nitrogens is 1. The molecule has 84 valence electrons. The highest BCUT2D eigenvalue weighted by atomic mass is 32.1. The van der Waals surface area contributed by atoms with Gasteiger partial charge in [0.25, 0.3) is 0 Å². The SMILES string of the molecule is [N-]=[N+]=NCC(=O)c1ccc(-c2ccccn2)s1. The lowest BCUT2D eigenvalue weighted by atomic mass is 10.3. The molecule has 2 aromatic rings. The lowest BCUT2D eigenvalue weighted by molar-refractivity contribution is 0.101. The zero-order chi connectivity index (χ0) is 12.1. The van der Waals surface area contributed by atoms with Crippen LogP contribution in [0.5, 0.6) is 0 Å². The summed E-state index contributed by atoms with van der Waals surface area (Å²) in [5.41, 5.74) is 8.98. The summed E-state index contributed by atoms with van der Waals surface area (Å²) in [5.74, 6) is -0.171. The highest BCUT2D eigenvalue weighted by molar-refractivity contribution is 7.17. The van der Waals surface area contributed by atoms with E-state index in [4.69, 9.17) is 5.53 Å². The van der Waals surface area contributed by atoms with Crippen LogP contribution < -0.4 is 0 Å². The minimum Gasteiger partial charge on any atom is -0.293 e. The van der Waals surface area contributed by atoms with E-state index in [1.54, 1.807) is 12.3 Å². The Kier molecular flexibility index (Phi) is 3.49. The summed E-state index contributed by atoms with van der Waals surface area (Å²) < 4.78 is 0. The number of Topliss-reactive ketones (excluding diaryl/α,β-unsaturated/α-hetero) is 1. The van der Waals surface area contributed by atoms with Gasteiger partial charge >= 0.3 is 0 Å². The van der Waals surface area contributed by atoms with E-state index in [9.17, 15) is 4.79 Å². The molecule has 0 aliphatic heterocycles. The van der Waals surface area contributed by atoms with Crippen LogP contribution >= 0.6 is 11.3 Å². The fourth-order valence-electron chi connectivity index (χ4n) is 1.31. The summed E-state index contributed by atoms with van der Waals surface area (Å²) >= 11 is 1.35. The van der Waals surface area contributed by atoms with Gasteiger partial charge in [0.2, 0.25) is 0 Å². The van der Waals surface area contributed by atoms with Crippen molar-refractivity contribution in [2.24, 2.45) is 5.11 Å². The molecule has 0 saturated carbocycles. The van der Waals surface area contributed by atoms with Crippen LogP contribution in [0.25, 0.3) is 21.0 Å². The minimum absolute atomic E-state index is 0.140. The maximum atomic E-state index is 11.6. The van der Waals surface area contributed by atoms with E-state index >= 15 is 0 Å². The maximum absolute atomic E-state index is 11.6. The fraction of sp³-hybridized carbons (Fsp3) is 0.0909. The summed E-state index contributed by atoms with van der Waals surface area (Å²) in [6.07, 6.45) is 1.70. The standard InChI is InChI=1S/C11H8N4OS/c12-15-14-7-9(16)11-5-4-10(17-11)8-3-1-2-6-13-8/h1-6H,7H2. The first kappa shape index (κ1) is 11.3. The van der Waals surface area contributed by atoms with Crippen LogP contribution in [0.1, 0.15) is 9.67 Å². The van der Waals surface area contributed by atoms with Crippen LogP contribution in [0.15, 0.2) is 41.6 Å². The molecule has 2 heterocycles. The van der Waals surface area contributed by atoms with Crippen LogP contribution in [0.4, 0.5) is 0 Å². The number of carbonyl (C=O) groups excluding carboxylic acids is 1. The fourth-order valence-corrected chi connectivity index (χ4v) is 2.22. The summed E-state index contributed by atoms with van der Waals surface area (Å²) in [7, 11) is 0. The van der Waals surface area contributed by atoms with Gasteiger partial charge in [-0.2, -0.15) is 0 Å². The monoisotopic (exact) mass is 244 g/mol. The van der Waals surface area contributed by atoms with E-state index in [-0.39, 0.29) is 12.3 Å². The summed E-state index contributed by atoms with van der Waals surface area (Å²) in [6.45, 7) is -0.140. The molecule has 2 rings (SSSR count). The van der Waals surface area contributed by atoms with Crippen LogP contribution in [0.2, 0.25) is 0 Å². The molecule has 0 radical (unpaired) electrons. The van der Waals surface area contributed by atoms with E-state index in [0.717, 1.165) is 10.6 Å². The van der Waals surface area contributed by atoms with Crippen molar-refractivity contribution in [2.45, 2.75) is 0 Å². The third-order valence-corrected chi connectivity index (χ3v) is 3.22. The second kappa shape index (κ2) is 5.25. The molecule has 5 nitrogen and oxygen atoms in total. The number of ketones is 1. The summed E-state index contributed by atoms with van der Waals surface area (Å²) in [5, 5.41) is 3.25. The van der Waals surface area contributed by atoms with Crippen LogP contribution in [0, 0.1) is 0 Å². The molecule has 0 unspecified atom stereocenters. The van der Waals surface area contributed by atoms with Crippen LogP contribution in [0.3, 0.4) is 0 Å². The molecule has 6 heteroatoms. The largest absolute Gasteiger partial charge is 0.293 e. The Bertz CT molecular complexity index is 572. The zero-order valence-corrected chi connectivity index (χ0v) is 9.59. The van der Waals surface area contributed by atoms with Gasteiger partial charge in [0, 0.05) is 11.1 Å². The first-order valence-electron chi connectivity index (χ1n) is 4.86. The number of pyridine rings is 1. The average Bonchev–Trinajstić information content (AvgIpc) is 2.86. The van der Waals surface area contributed by atoms with Gasteiger partial charge < -0.3 is 0 Å². The molecule has 0 aliphatic carbocycles. The van der Waals surface area contributed by atoms with Gasteiger partial charge in [-0.15, -0.1) is 11.3 Å². The third kappa shape index (κ3) is 2.69. The number of azide groups is 1. The molecule has 0 atom stereocenters. The van der Waals surface area contributed by atoms with Crippen LogP contribution in [-0.4, -0.2) is 17.3 Å². The molecule has 0 aliphatic rings. The lowest BCUT2D eigenvalue weighted by Gasteiger charge is -1.93. The van der Waals surface area contributed by atoms with Gasteiger partial charge in [0.05, 0.1) is 22.0 Å². The Morgan fingerprint density at radius 2 is 2.29 bits per heavy atom. The van der Waals surface area contributed by atoms with Gasteiger partial charge in [0.1, 0.15) is 0 Å². The summed E-state index contributed by atoms with van der Waals surface area (Å²) in [4.78, 5) is 19.8. The summed E-state index contributed by atoms with van der Waals surface area (Å²) in [6, 6.07) is 9.18. The first-order valence-corrected chi connectivity index (χ1v) is 5.68. The minimum atomic E-state index is -0.171. The number of hydrogen-bond acceptors (Lipinski definition) is 4. The van der Waals surface area contributed by atoms with Gasteiger partial charge in [-0.25, -0.2) is 0 Å². The topological polar surface area (TPSA) is 78.7 Å². The lowest BCUT2D eigenvalue weighted by Crippen LogP contribution is -1.98. The molecule has 0 bridgehead atoms. The number of rotatable bonds is 4. The van der Waals surface area contributed by atoms with Gasteiger partial charge in [-0.1, -0.05) is 11.2 Å². The van der Waals surface area contributed by atoms with Crippen molar-refractivity contribution in [3.63, 3.8) is 0 Å². The molecule has 0 N–H and O–H groups in total. The van der Waals surface area contributed by atoms with E-state index < -0.39 is 0 Å². The first-order chi connectivity index (χ1) is 8.31. The molecular weight excluding hydrogens is 236 g/mol. The Morgan fingerprint density at radius 3 is 3.00 bits per heavy atom. The predicted octanol–water partition coefficient (Wildman–Crippen LogP) is 3.30. The second-order valence-corrected chi connectivity index (χ2v) is 4.27. The van der Waals surface area contributed by atoms with Crippen molar-refractivity contribution in [1.29, 1.82) is 0 Å². The van der Waals surface area contributed by atoms with E-state index in [1.807, 2.05) is 24.3 Å². The highest BCUT2D eigenvalue weighted by Gasteiger charge is 2.09. The van der Waals surface area contributed by atoms with E-state index in [2.05, 4.69) is 15.0 Å². The number of hydrogen-bond donors (Lipinski definition) is 0.